The number of hydrogen-bond acceptors (Lipinski definition) is 7. The molecule has 1 unspecified atom stereocenters. The normalized spacial score (nSPS) is 17.6. The van der Waals surface area contributed by atoms with Gasteiger partial charge in [-0.1, -0.05) is 24.6 Å². The van der Waals surface area contributed by atoms with Crippen LogP contribution in [0, 0.1) is 24.8 Å². The summed E-state index contributed by atoms with van der Waals surface area (Å²) in [5, 5.41) is 7.28. The van der Waals surface area contributed by atoms with E-state index >= 15 is 0 Å². The zero-order chi connectivity index (χ0) is 29.5. The topological polar surface area (TPSA) is 109 Å². The second-order valence-corrected chi connectivity index (χ2v) is 11.6. The molecular formula is C31H37N6O3S+. The third-order valence-corrected chi connectivity index (χ3v) is 8.45. The van der Waals surface area contributed by atoms with Crippen LogP contribution in [0.4, 0.5) is 0 Å². The number of fused-ring (bicyclic) bond motifs is 1. The number of allylic oxidation sites excluding steroid dienone is 1. The third-order valence-electron chi connectivity index (χ3n) is 7.22. The first-order valence-electron chi connectivity index (χ1n) is 13.9. The van der Waals surface area contributed by atoms with Gasteiger partial charge in [0, 0.05) is 54.3 Å². The number of carbonyl (C=O) groups is 3. The lowest BCUT2D eigenvalue weighted by Gasteiger charge is -2.27. The van der Waals surface area contributed by atoms with Crippen LogP contribution < -0.4 is 10.6 Å². The Hall–Kier alpha value is -3.94. The summed E-state index contributed by atoms with van der Waals surface area (Å²) in [4.78, 5) is 54.6. The molecule has 0 bridgehead atoms. The maximum absolute atomic E-state index is 13.0. The molecule has 41 heavy (non-hydrogen) atoms. The molecule has 0 radical (unpaired) electrons. The van der Waals surface area contributed by atoms with E-state index in [1.54, 1.807) is 31.3 Å². The standard InChI is InChI=1S/C31H36N6O3S/c1-6-27-25(13-14-32-3)36-30(41-27)29(39)34-18-23-16-21(31(40)37(4)5)8-9-22(23)17-33-28(38)26-12-10-20-15-19(2)7-11-24(20)35-26/h7,10-12,15,17,21,23,32H,6,8-9,13-14,16H2,1-5H3/p+1/b22-17-/t21-,23?/m0/s1. The molecular weight excluding hydrogens is 536 g/mol. The van der Waals surface area contributed by atoms with Gasteiger partial charge in [-0.2, -0.15) is 4.79 Å². The predicted octanol–water partition coefficient (Wildman–Crippen LogP) is 4.62. The summed E-state index contributed by atoms with van der Waals surface area (Å²) in [7, 11) is 5.36. The lowest BCUT2D eigenvalue weighted by molar-refractivity contribution is -0.133. The SMILES string of the molecule is CCc1sc(C(=O)[N+]#CC2C[C@@H](C(=O)N(C)C)CC/C2=C/NC(=O)c2ccc3cc(C)ccc3n2)nc1CCNC. The van der Waals surface area contributed by atoms with Crippen molar-refractivity contribution >= 4 is 40.0 Å². The van der Waals surface area contributed by atoms with Crippen LogP contribution in [0.25, 0.3) is 15.7 Å². The molecule has 2 aromatic heterocycles. The van der Waals surface area contributed by atoms with Gasteiger partial charge in [-0.05, 0) is 63.4 Å². The van der Waals surface area contributed by atoms with Gasteiger partial charge in [-0.3, -0.25) is 9.59 Å². The van der Waals surface area contributed by atoms with Crippen LogP contribution in [0.2, 0.25) is 0 Å². The van der Waals surface area contributed by atoms with Gasteiger partial charge in [0.05, 0.1) is 11.2 Å². The molecule has 3 aromatic rings. The molecule has 1 fully saturated rings. The molecule has 2 atom stereocenters. The summed E-state index contributed by atoms with van der Waals surface area (Å²) in [6, 6.07) is 12.5. The van der Waals surface area contributed by atoms with Crippen LogP contribution in [0.1, 0.15) is 62.6 Å². The molecule has 1 aliphatic carbocycles. The maximum atomic E-state index is 13.0. The number of nitrogens with one attached hydrogen (secondary N) is 2. The summed E-state index contributed by atoms with van der Waals surface area (Å²) < 4.78 is 0. The summed E-state index contributed by atoms with van der Waals surface area (Å²) in [6.07, 6.45) is 4.86. The Bertz CT molecular complexity index is 1550. The van der Waals surface area contributed by atoms with Crippen LogP contribution in [-0.4, -0.2) is 60.3 Å². The zero-order valence-corrected chi connectivity index (χ0v) is 25.1. The van der Waals surface area contributed by atoms with E-state index < -0.39 is 11.8 Å². The molecule has 2 N–H and O–H groups in total. The third kappa shape index (κ3) is 7.43. The monoisotopic (exact) mass is 573 g/mol. The molecule has 0 aliphatic heterocycles. The van der Waals surface area contributed by atoms with Crippen LogP contribution in [0.15, 0.2) is 42.1 Å². The Morgan fingerprint density at radius 1 is 1.20 bits per heavy atom. The maximum Gasteiger partial charge on any atom is 0.576 e. The van der Waals surface area contributed by atoms with Gasteiger partial charge in [0.1, 0.15) is 11.6 Å². The van der Waals surface area contributed by atoms with Gasteiger partial charge < -0.3 is 15.5 Å². The number of thiazole rings is 1. The number of nitrogens with zero attached hydrogens (tertiary/aromatic N) is 4. The van der Waals surface area contributed by atoms with Crippen molar-refractivity contribution in [1.82, 2.24) is 25.5 Å². The van der Waals surface area contributed by atoms with E-state index in [1.165, 1.54) is 11.3 Å². The highest BCUT2D eigenvalue weighted by Crippen LogP contribution is 2.34. The smallest absolute Gasteiger partial charge is 0.349 e. The molecule has 214 valence electrons. The van der Waals surface area contributed by atoms with Crippen molar-refractivity contribution in [3.63, 3.8) is 0 Å². The molecule has 9 nitrogen and oxygen atoms in total. The van der Waals surface area contributed by atoms with E-state index in [-0.39, 0.29) is 17.7 Å². The van der Waals surface area contributed by atoms with Gasteiger partial charge in [0.2, 0.25) is 5.91 Å². The van der Waals surface area contributed by atoms with E-state index in [1.807, 2.05) is 45.2 Å². The van der Waals surface area contributed by atoms with Crippen LogP contribution in [-0.2, 0) is 17.6 Å². The highest BCUT2D eigenvalue weighted by Gasteiger charge is 2.34. The fraction of sp³-hybridized carbons (Fsp3) is 0.419. The van der Waals surface area contributed by atoms with Gasteiger partial charge in [0.15, 0.2) is 0 Å². The number of carbonyl (C=O) groups excluding carboxylic acids is 3. The minimum atomic E-state index is -0.444. The van der Waals surface area contributed by atoms with Crippen LogP contribution >= 0.6 is 11.3 Å². The van der Waals surface area contributed by atoms with E-state index in [0.717, 1.165) is 52.0 Å². The second kappa shape index (κ2) is 13.6. The van der Waals surface area contributed by atoms with E-state index in [2.05, 4.69) is 31.5 Å². The van der Waals surface area contributed by atoms with Gasteiger partial charge in [-0.25, -0.2) is 9.97 Å². The first kappa shape index (κ1) is 30.0. The number of rotatable bonds is 8. The van der Waals surface area contributed by atoms with E-state index in [4.69, 9.17) is 0 Å². The predicted molar refractivity (Wildman–Crippen MR) is 162 cm³/mol. The van der Waals surface area contributed by atoms with Crippen molar-refractivity contribution in [1.29, 1.82) is 0 Å². The number of likely N-dealkylation sites (N-methyl/N-ethyl adjacent to an activating group) is 1. The first-order chi connectivity index (χ1) is 19.7. The van der Waals surface area contributed by atoms with Crippen molar-refractivity contribution in [3.05, 3.63) is 73.8 Å². The molecule has 10 heteroatoms. The average Bonchev–Trinajstić information content (AvgIpc) is 3.40. The summed E-state index contributed by atoms with van der Waals surface area (Å²) in [5.74, 6) is -1.36. The van der Waals surface area contributed by atoms with Crippen molar-refractivity contribution in [2.75, 3.05) is 27.7 Å². The van der Waals surface area contributed by atoms with Crippen molar-refractivity contribution in [2.24, 2.45) is 11.8 Å². The first-order valence-corrected chi connectivity index (χ1v) is 14.7. The lowest BCUT2D eigenvalue weighted by Crippen LogP contribution is -2.33. The second-order valence-electron chi connectivity index (χ2n) is 10.5. The number of hydrogen-bond donors (Lipinski definition) is 2. The number of aromatic nitrogens is 2. The van der Waals surface area contributed by atoms with Crippen molar-refractivity contribution in [2.45, 2.75) is 46.0 Å². The summed E-state index contributed by atoms with van der Waals surface area (Å²) in [6.45, 7) is 4.83. The molecule has 1 aliphatic rings. The van der Waals surface area contributed by atoms with Gasteiger partial charge >= 0.3 is 5.91 Å². The Labute approximate surface area is 244 Å². The summed E-state index contributed by atoms with van der Waals surface area (Å²) in [5.41, 5.74) is 3.96. The Morgan fingerprint density at radius 2 is 2.00 bits per heavy atom. The molecule has 1 aromatic carbocycles. The number of pyridine rings is 1. The average molecular weight is 574 g/mol. The fourth-order valence-corrected chi connectivity index (χ4v) is 5.88. The fourth-order valence-electron chi connectivity index (χ4n) is 4.94. The van der Waals surface area contributed by atoms with E-state index in [9.17, 15) is 14.4 Å². The number of amides is 3. The molecule has 0 spiro atoms. The molecule has 3 amide bonds. The molecule has 0 saturated heterocycles. The summed E-state index contributed by atoms with van der Waals surface area (Å²) >= 11 is 1.37. The molecule has 1 saturated carbocycles. The Kier molecular flexibility index (Phi) is 9.97. The van der Waals surface area contributed by atoms with Crippen molar-refractivity contribution < 1.29 is 14.4 Å². The minimum absolute atomic E-state index is 0.0310. The number of aryl methyl sites for hydroxylation is 2. The van der Waals surface area contributed by atoms with Crippen LogP contribution in [0.3, 0.4) is 0 Å². The number of benzene rings is 1. The zero-order valence-electron chi connectivity index (χ0n) is 24.3. The highest BCUT2D eigenvalue weighted by molar-refractivity contribution is 7.13. The quantitative estimate of drug-likeness (QED) is 0.407. The highest BCUT2D eigenvalue weighted by atomic mass is 32.1. The Balaban J connectivity index is 1.55. The lowest BCUT2D eigenvalue weighted by atomic mass is 9.78. The van der Waals surface area contributed by atoms with Crippen LogP contribution in [0.5, 0.6) is 0 Å². The minimum Gasteiger partial charge on any atom is -0.349 e. The largest absolute Gasteiger partial charge is 0.576 e. The van der Waals surface area contributed by atoms with Gasteiger partial charge in [0.25, 0.3) is 17.0 Å². The van der Waals surface area contributed by atoms with Crippen molar-refractivity contribution in [3.8, 4) is 6.07 Å². The van der Waals surface area contributed by atoms with E-state index in [0.29, 0.717) is 30.0 Å². The Morgan fingerprint density at radius 3 is 2.73 bits per heavy atom. The molecule has 4 rings (SSSR count). The van der Waals surface area contributed by atoms with Gasteiger partial charge in [-0.15, -0.1) is 11.3 Å². The molecule has 2 heterocycles.